The van der Waals surface area contributed by atoms with E-state index in [1.165, 1.54) is 0 Å². The van der Waals surface area contributed by atoms with Crippen LogP contribution in [0.1, 0.15) is 107 Å². The molecule has 0 radical (unpaired) electrons. The Morgan fingerprint density at radius 1 is 0.927 bits per heavy atom. The van der Waals surface area contributed by atoms with Gasteiger partial charge in [-0.15, -0.1) is 0 Å². The molecule has 1 aromatic carbocycles. The van der Waals surface area contributed by atoms with Crippen LogP contribution in [0.3, 0.4) is 0 Å². The monoisotopic (exact) mass is 771 g/mol. The molecule has 0 saturated carbocycles. The minimum atomic E-state index is -0.718. The smallest absolute Gasteiger partial charge is 0.226 e. The summed E-state index contributed by atoms with van der Waals surface area (Å²) in [6.45, 7) is 19.9. The molecule has 0 aliphatic carbocycles. The van der Waals surface area contributed by atoms with Gasteiger partial charge in [-0.2, -0.15) is 0 Å². The van der Waals surface area contributed by atoms with Crippen LogP contribution in [0.2, 0.25) is 0 Å². The first-order valence-electron chi connectivity index (χ1n) is 20.5. The summed E-state index contributed by atoms with van der Waals surface area (Å²) in [7, 11) is 6.67. The lowest BCUT2D eigenvalue weighted by Crippen LogP contribution is -2.55. The van der Waals surface area contributed by atoms with Gasteiger partial charge in [0.2, 0.25) is 17.7 Å². The average molecular weight is 771 g/mol. The van der Waals surface area contributed by atoms with Gasteiger partial charge in [-0.3, -0.25) is 24.0 Å². The Labute approximate surface area is 332 Å². The van der Waals surface area contributed by atoms with Crippen LogP contribution in [0.5, 0.6) is 0 Å². The number of ketones is 2. The number of ether oxygens (including phenoxy) is 2. The van der Waals surface area contributed by atoms with Crippen molar-refractivity contribution in [1.29, 1.82) is 0 Å². The second kappa shape index (κ2) is 22.0. The number of hydrogen-bond acceptors (Lipinski definition) is 8. The highest BCUT2D eigenvalue weighted by Gasteiger charge is 2.43. The first kappa shape index (κ1) is 48.0. The summed E-state index contributed by atoms with van der Waals surface area (Å²) >= 11 is 0. The van der Waals surface area contributed by atoms with E-state index in [9.17, 15) is 24.0 Å². The van der Waals surface area contributed by atoms with Gasteiger partial charge < -0.3 is 29.9 Å². The predicted octanol–water partition coefficient (Wildman–Crippen LogP) is 5.72. The highest BCUT2D eigenvalue weighted by atomic mass is 16.5. The quantitative estimate of drug-likeness (QED) is 0.153. The Morgan fingerprint density at radius 3 is 2.04 bits per heavy atom. The molecule has 9 atom stereocenters. The van der Waals surface area contributed by atoms with Crippen molar-refractivity contribution in [3.63, 3.8) is 0 Å². The van der Waals surface area contributed by atoms with E-state index in [1.54, 1.807) is 45.0 Å². The fourth-order valence-corrected chi connectivity index (χ4v) is 8.27. The van der Waals surface area contributed by atoms with Gasteiger partial charge in [0, 0.05) is 45.6 Å². The van der Waals surface area contributed by atoms with Crippen LogP contribution in [0.15, 0.2) is 30.3 Å². The molecule has 55 heavy (non-hydrogen) atoms. The van der Waals surface area contributed by atoms with Crippen molar-refractivity contribution in [3.8, 4) is 0 Å². The topological polar surface area (TPSA) is 134 Å². The maximum Gasteiger partial charge on any atom is 0.226 e. The molecular formula is C44H74N4O7. The molecule has 1 aromatic rings. The average Bonchev–Trinajstić information content (AvgIpc) is 3.62. The van der Waals surface area contributed by atoms with Gasteiger partial charge in [-0.05, 0) is 49.6 Å². The van der Waals surface area contributed by atoms with Crippen LogP contribution in [0.25, 0.3) is 0 Å². The second-order valence-electron chi connectivity index (χ2n) is 17.5. The van der Waals surface area contributed by atoms with Gasteiger partial charge in [0.1, 0.15) is 0 Å². The van der Waals surface area contributed by atoms with Gasteiger partial charge in [0.15, 0.2) is 11.6 Å². The Morgan fingerprint density at radius 2 is 1.55 bits per heavy atom. The van der Waals surface area contributed by atoms with E-state index in [1.807, 2.05) is 78.8 Å². The lowest BCUT2D eigenvalue weighted by Gasteiger charge is -2.41. The van der Waals surface area contributed by atoms with Crippen LogP contribution < -0.4 is 10.6 Å². The molecule has 0 bridgehead atoms. The lowest BCUT2D eigenvalue weighted by molar-refractivity contribution is -0.149. The van der Waals surface area contributed by atoms with Crippen LogP contribution in [-0.2, 0) is 39.9 Å². The number of methoxy groups -OCH3 is 2. The second-order valence-corrected chi connectivity index (χ2v) is 17.5. The number of nitrogens with zero attached hydrogens (tertiary/aromatic N) is 2. The molecule has 1 heterocycles. The summed E-state index contributed by atoms with van der Waals surface area (Å²) in [5, 5.41) is 6.16. The number of likely N-dealkylation sites (tertiary alicyclic amines) is 1. The third kappa shape index (κ3) is 12.9. The number of carbonyl (C=O) groups is 5. The lowest BCUT2D eigenvalue weighted by atomic mass is 9.83. The molecule has 2 N–H and O–H groups in total. The van der Waals surface area contributed by atoms with Gasteiger partial charge >= 0.3 is 0 Å². The van der Waals surface area contributed by atoms with Crippen molar-refractivity contribution in [2.24, 2.45) is 35.0 Å². The van der Waals surface area contributed by atoms with Gasteiger partial charge in [-0.1, -0.05) is 106 Å². The number of amides is 3. The molecule has 11 nitrogen and oxygen atoms in total. The number of Topliss-reactive ketones (excluding diaryl/α,β-unsaturated/α-hetero) is 2. The SMILES string of the molecule is CC[C@H](C)[C@@H]([C@@H](CC(=O)N1CCC[C@H]1[C@H](OC)[C@@H](C)C(=O)N[C@@H](Cc1ccccc1)C(=O)C(C)(C)C)OC)N(C)C(=O)[C@@H](CC(=O)[C@@H](NC)C(C)C)C(C)C. The highest BCUT2D eigenvalue weighted by Crippen LogP contribution is 2.31. The molecular weight excluding hydrogens is 697 g/mol. The van der Waals surface area contributed by atoms with E-state index in [2.05, 4.69) is 24.5 Å². The zero-order valence-corrected chi connectivity index (χ0v) is 36.4. The number of likely N-dealkylation sites (N-methyl/N-ethyl adjacent to an activating group) is 2. The van der Waals surface area contributed by atoms with Crippen LogP contribution in [-0.4, -0.2) is 110 Å². The molecule has 1 saturated heterocycles. The van der Waals surface area contributed by atoms with E-state index < -0.39 is 41.5 Å². The molecule has 2 rings (SSSR count). The fraction of sp³-hybridized carbons (Fsp3) is 0.750. The summed E-state index contributed by atoms with van der Waals surface area (Å²) in [6, 6.07) is 7.81. The molecule has 0 unspecified atom stereocenters. The summed E-state index contributed by atoms with van der Waals surface area (Å²) < 4.78 is 12.0. The largest absolute Gasteiger partial charge is 0.379 e. The molecule has 0 aromatic heterocycles. The number of rotatable bonds is 22. The molecule has 1 aliphatic rings. The molecule has 3 amide bonds. The van der Waals surface area contributed by atoms with Crippen molar-refractivity contribution in [3.05, 3.63) is 35.9 Å². The van der Waals surface area contributed by atoms with E-state index in [0.29, 0.717) is 19.4 Å². The number of nitrogens with one attached hydrogen (secondary N) is 2. The van der Waals surface area contributed by atoms with E-state index >= 15 is 0 Å². The molecule has 11 heteroatoms. The summed E-state index contributed by atoms with van der Waals surface area (Å²) in [4.78, 5) is 72.8. The van der Waals surface area contributed by atoms with Gasteiger partial charge in [-0.25, -0.2) is 0 Å². The van der Waals surface area contributed by atoms with E-state index in [-0.39, 0.29) is 72.0 Å². The summed E-state index contributed by atoms with van der Waals surface area (Å²) in [5.74, 6) is -1.76. The van der Waals surface area contributed by atoms with Gasteiger partial charge in [0.25, 0.3) is 0 Å². The Hall–Kier alpha value is -3.15. The normalized spacial score (nSPS) is 19.3. The zero-order valence-electron chi connectivity index (χ0n) is 36.4. The third-order valence-electron chi connectivity index (χ3n) is 11.8. The fourth-order valence-electron chi connectivity index (χ4n) is 8.27. The molecule has 0 spiro atoms. The number of carbonyl (C=O) groups excluding carboxylic acids is 5. The van der Waals surface area contributed by atoms with E-state index in [4.69, 9.17) is 9.47 Å². The van der Waals surface area contributed by atoms with Gasteiger partial charge in [0.05, 0.1) is 48.7 Å². The Balaban J connectivity index is 2.31. The maximum absolute atomic E-state index is 14.3. The summed E-state index contributed by atoms with van der Waals surface area (Å²) in [6.07, 6.45) is 1.49. The zero-order chi connectivity index (χ0) is 41.8. The number of hydrogen-bond donors (Lipinski definition) is 2. The molecule has 1 fully saturated rings. The van der Waals surface area contributed by atoms with Crippen molar-refractivity contribution >= 4 is 29.3 Å². The van der Waals surface area contributed by atoms with Crippen LogP contribution >= 0.6 is 0 Å². The van der Waals surface area contributed by atoms with Crippen molar-refractivity contribution < 1.29 is 33.4 Å². The maximum atomic E-state index is 14.3. The van der Waals surface area contributed by atoms with Crippen molar-refractivity contribution in [2.45, 2.75) is 144 Å². The van der Waals surface area contributed by atoms with Crippen molar-refractivity contribution in [1.82, 2.24) is 20.4 Å². The third-order valence-corrected chi connectivity index (χ3v) is 11.8. The predicted molar refractivity (Wildman–Crippen MR) is 218 cm³/mol. The summed E-state index contributed by atoms with van der Waals surface area (Å²) in [5.41, 5.74) is 0.289. The molecule has 1 aliphatic heterocycles. The molecule has 312 valence electrons. The first-order chi connectivity index (χ1) is 25.7. The first-order valence-corrected chi connectivity index (χ1v) is 20.5. The van der Waals surface area contributed by atoms with Crippen LogP contribution in [0, 0.1) is 35.0 Å². The minimum Gasteiger partial charge on any atom is -0.379 e. The Kier molecular flexibility index (Phi) is 19.2. The highest BCUT2D eigenvalue weighted by molar-refractivity contribution is 5.93. The minimum absolute atomic E-state index is 0.000363. The van der Waals surface area contributed by atoms with Crippen LogP contribution in [0.4, 0.5) is 0 Å². The standard InChI is InChI=1S/C44H74N4O7/c1-15-29(6)39(47(12)43(53)32(27(2)3)25-35(49)38(45-11)28(4)5)36(54-13)26-37(50)48-23-19-22-34(48)40(55-14)30(7)42(52)46-33(41(51)44(8,9)10)24-31-20-17-16-18-21-31/h16-18,20-21,27-30,32-34,36,38-40,45H,15,19,22-26H2,1-14H3,(H,46,52)/t29-,30+,32-,33-,34-,36+,38-,39-,40+/m0/s1. The van der Waals surface area contributed by atoms with E-state index in [0.717, 1.165) is 18.4 Å². The van der Waals surface area contributed by atoms with Crippen molar-refractivity contribution in [2.75, 3.05) is 34.9 Å². The Bertz CT molecular complexity index is 1390. The number of benzene rings is 1.